The third kappa shape index (κ3) is 3.01. The molecule has 84 valence electrons. The number of rotatable bonds is 3. The van der Waals surface area contributed by atoms with E-state index in [-0.39, 0.29) is 15.1 Å². The lowest BCUT2D eigenvalue weighted by Crippen LogP contribution is -2.01. The highest BCUT2D eigenvalue weighted by molar-refractivity contribution is 7.99. The molecule has 0 amide bonds. The number of nitrogens with two attached hydrogens (primary N) is 1. The highest BCUT2D eigenvalue weighted by Gasteiger charge is 2.19. The summed E-state index contributed by atoms with van der Waals surface area (Å²) in [6, 6.07) is 0. The molecule has 0 aromatic heterocycles. The van der Waals surface area contributed by atoms with Gasteiger partial charge in [-0.1, -0.05) is 58.0 Å². The number of halogens is 5. The third-order valence-corrected chi connectivity index (χ3v) is 5.17. The van der Waals surface area contributed by atoms with E-state index in [1.807, 2.05) is 0 Å². The van der Waals surface area contributed by atoms with Crippen LogP contribution in [0, 0.1) is 0 Å². The average Bonchev–Trinajstić information content (AvgIpc) is 2.24. The molecule has 1 aromatic carbocycles. The molecule has 0 aliphatic rings. The van der Waals surface area contributed by atoms with Crippen LogP contribution in [0.4, 0.5) is 0 Å². The molecule has 2 N–H and O–H groups in total. The highest BCUT2D eigenvalue weighted by Crippen LogP contribution is 2.47. The fourth-order valence-electron chi connectivity index (χ4n) is 0.872. The summed E-state index contributed by atoms with van der Waals surface area (Å²) in [5.74, 6) is 0.674. The Labute approximate surface area is 117 Å². The molecule has 1 aromatic rings. The molecule has 1 rings (SSSR count). The summed E-state index contributed by atoms with van der Waals surface area (Å²) in [4.78, 5) is 0.614. The number of hydrogen-bond donors (Lipinski definition) is 1. The molecule has 0 aliphatic heterocycles. The Morgan fingerprint density at radius 2 is 1.20 bits per heavy atom. The number of hydrogen-bond acceptors (Lipinski definition) is 2. The molecule has 0 saturated carbocycles. The molecule has 0 heterocycles. The molecule has 0 saturated heterocycles. The van der Waals surface area contributed by atoms with Gasteiger partial charge in [0.15, 0.2) is 0 Å². The first-order valence-corrected chi connectivity index (χ1v) is 6.72. The van der Waals surface area contributed by atoms with Crippen LogP contribution < -0.4 is 5.73 Å². The van der Waals surface area contributed by atoms with E-state index in [0.29, 0.717) is 27.2 Å². The van der Waals surface area contributed by atoms with Gasteiger partial charge in [-0.15, -0.1) is 11.8 Å². The van der Waals surface area contributed by atoms with Gasteiger partial charge < -0.3 is 5.73 Å². The zero-order valence-corrected chi connectivity index (χ0v) is 11.9. The molecule has 0 aliphatic carbocycles. The van der Waals surface area contributed by atoms with Crippen LogP contribution in [0.2, 0.25) is 25.1 Å². The van der Waals surface area contributed by atoms with E-state index in [4.69, 9.17) is 63.7 Å². The maximum Gasteiger partial charge on any atom is 0.0809 e. The Morgan fingerprint density at radius 3 is 1.60 bits per heavy atom. The van der Waals surface area contributed by atoms with Crippen LogP contribution in [0.15, 0.2) is 4.90 Å². The van der Waals surface area contributed by atoms with Crippen LogP contribution in [0.1, 0.15) is 0 Å². The fourth-order valence-corrected chi connectivity index (χ4v) is 3.23. The summed E-state index contributed by atoms with van der Waals surface area (Å²) in [5.41, 5.74) is 5.38. The lowest BCUT2D eigenvalue weighted by Gasteiger charge is -2.11. The molecule has 0 fully saturated rings. The van der Waals surface area contributed by atoms with Crippen molar-refractivity contribution in [3.05, 3.63) is 25.1 Å². The van der Waals surface area contributed by atoms with Crippen LogP contribution in [-0.4, -0.2) is 12.3 Å². The molecule has 0 bridgehead atoms. The Bertz CT molecular complexity index is 353. The zero-order valence-electron chi connectivity index (χ0n) is 7.29. The zero-order chi connectivity index (χ0) is 11.6. The first-order chi connectivity index (χ1) is 7.00. The van der Waals surface area contributed by atoms with Gasteiger partial charge in [-0.3, -0.25) is 0 Å². The maximum absolute atomic E-state index is 5.99. The van der Waals surface area contributed by atoms with Gasteiger partial charge in [0.2, 0.25) is 0 Å². The van der Waals surface area contributed by atoms with Gasteiger partial charge >= 0.3 is 0 Å². The van der Waals surface area contributed by atoms with E-state index >= 15 is 0 Å². The molecule has 1 nitrogen and oxygen atoms in total. The topological polar surface area (TPSA) is 26.0 Å². The minimum atomic E-state index is 0.172. The average molecular weight is 325 g/mol. The predicted octanol–water partition coefficient (Wildman–Crippen LogP) is 5.00. The molecule has 7 heteroatoms. The van der Waals surface area contributed by atoms with Gasteiger partial charge in [0.1, 0.15) is 0 Å². The van der Waals surface area contributed by atoms with E-state index in [1.165, 1.54) is 11.8 Å². The molecule has 15 heavy (non-hydrogen) atoms. The molecule has 0 spiro atoms. The van der Waals surface area contributed by atoms with Crippen molar-refractivity contribution in [1.82, 2.24) is 0 Å². The second-order valence-electron chi connectivity index (χ2n) is 2.54. The lowest BCUT2D eigenvalue weighted by molar-refractivity contribution is 1.15. The summed E-state index contributed by atoms with van der Waals surface area (Å²) in [5, 5.41) is 1.23. The third-order valence-electron chi connectivity index (χ3n) is 1.53. The number of benzene rings is 1. The summed E-state index contributed by atoms with van der Waals surface area (Å²) in [6.45, 7) is 0.509. The van der Waals surface area contributed by atoms with Crippen molar-refractivity contribution in [3.63, 3.8) is 0 Å². The van der Waals surface area contributed by atoms with Crippen molar-refractivity contribution >= 4 is 69.8 Å². The second-order valence-corrected chi connectivity index (χ2v) is 5.53. The molecule has 0 unspecified atom stereocenters. The first kappa shape index (κ1) is 14.0. The van der Waals surface area contributed by atoms with Crippen molar-refractivity contribution in [2.45, 2.75) is 4.90 Å². The highest BCUT2D eigenvalue weighted by atomic mass is 35.5. The smallest absolute Gasteiger partial charge is 0.0809 e. The van der Waals surface area contributed by atoms with Gasteiger partial charge in [0.25, 0.3) is 0 Å². The minimum Gasteiger partial charge on any atom is -0.330 e. The quantitative estimate of drug-likeness (QED) is 0.480. The van der Waals surface area contributed by atoms with Crippen LogP contribution in [-0.2, 0) is 0 Å². The van der Waals surface area contributed by atoms with Crippen molar-refractivity contribution in [1.29, 1.82) is 0 Å². The van der Waals surface area contributed by atoms with E-state index in [1.54, 1.807) is 0 Å². The Balaban J connectivity index is 3.26. The van der Waals surface area contributed by atoms with Gasteiger partial charge in [-0.05, 0) is 0 Å². The Hall–Kier alpha value is 0.980. The van der Waals surface area contributed by atoms with Crippen molar-refractivity contribution in [2.24, 2.45) is 5.73 Å². The van der Waals surface area contributed by atoms with Gasteiger partial charge in [-0.25, -0.2) is 0 Å². The van der Waals surface area contributed by atoms with Crippen molar-refractivity contribution < 1.29 is 0 Å². The summed E-state index contributed by atoms with van der Waals surface area (Å²) < 4.78 is 0. The monoisotopic (exact) mass is 323 g/mol. The van der Waals surface area contributed by atoms with Gasteiger partial charge in [-0.2, -0.15) is 0 Å². The van der Waals surface area contributed by atoms with Gasteiger partial charge in [0.05, 0.1) is 25.1 Å². The molecule has 0 radical (unpaired) electrons. The SMILES string of the molecule is NCCSc1c(Cl)c(Cl)c(Cl)c(Cl)c1Cl. The largest absolute Gasteiger partial charge is 0.330 e. The van der Waals surface area contributed by atoms with Crippen LogP contribution >= 0.6 is 69.8 Å². The van der Waals surface area contributed by atoms with Gasteiger partial charge in [0, 0.05) is 17.2 Å². The molecule has 0 atom stereocenters. The van der Waals surface area contributed by atoms with E-state index in [2.05, 4.69) is 0 Å². The van der Waals surface area contributed by atoms with Crippen LogP contribution in [0.3, 0.4) is 0 Å². The summed E-state index contributed by atoms with van der Waals surface area (Å²) in [7, 11) is 0. The van der Waals surface area contributed by atoms with Crippen LogP contribution in [0.25, 0.3) is 0 Å². The van der Waals surface area contributed by atoms with Crippen LogP contribution in [0.5, 0.6) is 0 Å². The normalized spacial score (nSPS) is 10.8. The predicted molar refractivity (Wildman–Crippen MR) is 71.3 cm³/mol. The molecular formula is C8H6Cl5NS. The number of thioether (sulfide) groups is 1. The minimum absolute atomic E-state index is 0.172. The second kappa shape index (κ2) is 6.06. The summed E-state index contributed by atoms with van der Waals surface area (Å²) >= 11 is 31.0. The molecular weight excluding hydrogens is 319 g/mol. The van der Waals surface area contributed by atoms with Crippen molar-refractivity contribution in [3.8, 4) is 0 Å². The maximum atomic E-state index is 5.99. The standard InChI is InChI=1S/C8H6Cl5NS/c9-3-4(10)6(12)8(15-2-1-14)7(13)5(3)11/h1-2,14H2. The van der Waals surface area contributed by atoms with E-state index < -0.39 is 0 Å². The Kier molecular flexibility index (Phi) is 5.67. The van der Waals surface area contributed by atoms with Crippen molar-refractivity contribution in [2.75, 3.05) is 12.3 Å². The summed E-state index contributed by atoms with van der Waals surface area (Å²) in [6.07, 6.45) is 0. The first-order valence-electron chi connectivity index (χ1n) is 3.85. The lowest BCUT2D eigenvalue weighted by atomic mass is 10.3. The Morgan fingerprint density at radius 1 is 0.800 bits per heavy atom. The fraction of sp³-hybridized carbons (Fsp3) is 0.250. The van der Waals surface area contributed by atoms with E-state index in [0.717, 1.165) is 0 Å². The van der Waals surface area contributed by atoms with E-state index in [9.17, 15) is 0 Å².